The Labute approximate surface area is 266 Å². The van der Waals surface area contributed by atoms with Gasteiger partial charge in [-0.3, -0.25) is 4.90 Å². The zero-order valence-corrected chi connectivity index (χ0v) is 25.9. The monoisotopic (exact) mass is 649 g/mol. The molecule has 5 aliphatic rings. The molecule has 5 aliphatic heterocycles. The molecule has 0 radical (unpaired) electrons. The van der Waals surface area contributed by atoms with Gasteiger partial charge in [-0.1, -0.05) is 17.7 Å². The highest BCUT2D eigenvalue weighted by atomic mass is 35.5. The zero-order valence-electron chi connectivity index (χ0n) is 24.3. The van der Waals surface area contributed by atoms with Crippen LogP contribution in [0.15, 0.2) is 12.1 Å². The number of rotatable bonds is 4. The zero-order chi connectivity index (χ0) is 30.6. The SMILES string of the molecule is N#Cc1c(N)sc2c(F)ccc(-c3c(Cl)c4c5c(nc(OCC67CCCN6CCC7)nc5c3F)N3CC5CCC(N5)C3CO4)c12. The van der Waals surface area contributed by atoms with Gasteiger partial charge >= 0.3 is 6.01 Å². The first-order chi connectivity index (χ1) is 21.9. The van der Waals surface area contributed by atoms with Crippen molar-refractivity contribution >= 4 is 54.7 Å². The maximum absolute atomic E-state index is 17.1. The Morgan fingerprint density at radius 3 is 2.82 bits per heavy atom. The molecular weight excluding hydrogens is 620 g/mol. The third-order valence-electron chi connectivity index (χ3n) is 10.7. The number of nitrogen functional groups attached to an aromatic ring is 1. The standard InChI is InChI=1S/C32H30ClF2N7O2S/c33-24-22(16-4-5-18(34)28-21(16)17(11-36)29(37)45-28)25(35)26-23-27(24)43-13-20-19-6-3-15(38-19)12-42(20)30(23)40-31(39-26)44-14-32-7-1-9-41(32)10-2-8-32/h4-5,15,19-20,38H,1-3,6-10,12-14,37H2. The van der Waals surface area contributed by atoms with Gasteiger partial charge in [0.15, 0.2) is 11.6 Å². The van der Waals surface area contributed by atoms with Crippen LogP contribution in [0.4, 0.5) is 19.6 Å². The molecule has 0 amide bonds. The quantitative estimate of drug-likeness (QED) is 0.292. The molecule has 3 unspecified atom stereocenters. The summed E-state index contributed by atoms with van der Waals surface area (Å²) >= 11 is 8.03. The van der Waals surface area contributed by atoms with Gasteiger partial charge in [0.25, 0.3) is 0 Å². The molecule has 2 bridgehead atoms. The molecule has 0 spiro atoms. The normalized spacial score (nSPS) is 24.8. The van der Waals surface area contributed by atoms with Crippen LogP contribution in [0.2, 0.25) is 5.02 Å². The second-order valence-electron chi connectivity index (χ2n) is 12.9. The molecule has 0 saturated carbocycles. The summed E-state index contributed by atoms with van der Waals surface area (Å²) in [5.74, 6) is -0.446. The first kappa shape index (κ1) is 27.8. The second-order valence-corrected chi connectivity index (χ2v) is 14.4. The van der Waals surface area contributed by atoms with Crippen molar-refractivity contribution in [3.63, 3.8) is 0 Å². The molecule has 13 heteroatoms. The number of piperazine rings is 1. The molecular formula is C32H30ClF2N7O2S. The van der Waals surface area contributed by atoms with Gasteiger partial charge in [0, 0.05) is 29.6 Å². The van der Waals surface area contributed by atoms with Crippen molar-refractivity contribution in [2.45, 2.75) is 62.2 Å². The van der Waals surface area contributed by atoms with Crippen molar-refractivity contribution in [3.8, 4) is 29.0 Å². The highest BCUT2D eigenvalue weighted by Crippen LogP contribution is 2.52. The van der Waals surface area contributed by atoms with Crippen molar-refractivity contribution in [3.05, 3.63) is 34.4 Å². The van der Waals surface area contributed by atoms with Gasteiger partial charge in [-0.2, -0.15) is 15.2 Å². The molecule has 232 valence electrons. The van der Waals surface area contributed by atoms with Gasteiger partial charge < -0.3 is 25.4 Å². The van der Waals surface area contributed by atoms with Crippen LogP contribution in [0.1, 0.15) is 44.1 Å². The van der Waals surface area contributed by atoms with E-state index in [4.69, 9.17) is 31.8 Å². The molecule has 3 N–H and O–H groups in total. The number of nitrogens with zero attached hydrogens (tertiary/aromatic N) is 5. The van der Waals surface area contributed by atoms with E-state index in [2.05, 4.69) is 26.2 Å². The van der Waals surface area contributed by atoms with Crippen LogP contribution in [0.5, 0.6) is 11.8 Å². The van der Waals surface area contributed by atoms with Crippen molar-refractivity contribution in [2.75, 3.05) is 43.5 Å². The summed E-state index contributed by atoms with van der Waals surface area (Å²) in [6.45, 7) is 3.53. The Hall–Kier alpha value is -3.50. The third kappa shape index (κ3) is 3.94. The molecule has 9 nitrogen and oxygen atoms in total. The average Bonchev–Trinajstić information content (AvgIpc) is 3.78. The number of aromatic nitrogens is 2. The van der Waals surface area contributed by atoms with E-state index in [1.165, 1.54) is 12.1 Å². The molecule has 3 atom stereocenters. The summed E-state index contributed by atoms with van der Waals surface area (Å²) < 4.78 is 45.1. The Bertz CT molecular complexity index is 1950. The van der Waals surface area contributed by atoms with E-state index in [9.17, 15) is 9.65 Å². The number of hydrogen-bond donors (Lipinski definition) is 2. The first-order valence-corrected chi connectivity index (χ1v) is 16.7. The number of nitrogens with two attached hydrogens (primary N) is 1. The predicted molar refractivity (Wildman–Crippen MR) is 169 cm³/mol. The van der Waals surface area contributed by atoms with Gasteiger partial charge in [0.1, 0.15) is 41.4 Å². The summed E-state index contributed by atoms with van der Waals surface area (Å²) in [5, 5.41) is 14.4. The molecule has 2 aromatic heterocycles. The number of halogens is 3. The van der Waals surface area contributed by atoms with Crippen LogP contribution in [0.25, 0.3) is 32.1 Å². The Morgan fingerprint density at radius 2 is 2.02 bits per heavy atom. The number of thiophene rings is 1. The molecule has 7 heterocycles. The fourth-order valence-electron chi connectivity index (χ4n) is 8.55. The highest BCUT2D eigenvalue weighted by Gasteiger charge is 2.46. The van der Waals surface area contributed by atoms with E-state index >= 15 is 4.39 Å². The van der Waals surface area contributed by atoms with Crippen LogP contribution in [-0.4, -0.2) is 71.4 Å². The van der Waals surface area contributed by atoms with Crippen molar-refractivity contribution in [1.29, 1.82) is 5.26 Å². The number of nitriles is 1. The highest BCUT2D eigenvalue weighted by molar-refractivity contribution is 7.23. The number of nitrogens with one attached hydrogen (secondary N) is 1. The first-order valence-electron chi connectivity index (χ1n) is 15.5. The molecule has 9 rings (SSSR count). The lowest BCUT2D eigenvalue weighted by Crippen LogP contribution is -2.60. The van der Waals surface area contributed by atoms with E-state index in [1.807, 2.05) is 0 Å². The van der Waals surface area contributed by atoms with E-state index in [1.54, 1.807) is 0 Å². The minimum absolute atomic E-state index is 0.0160. The van der Waals surface area contributed by atoms with Crippen LogP contribution in [0.3, 0.4) is 0 Å². The lowest BCUT2D eigenvalue weighted by Gasteiger charge is -2.40. The molecule has 0 aliphatic carbocycles. The molecule has 4 fully saturated rings. The minimum atomic E-state index is -0.713. The van der Waals surface area contributed by atoms with Crippen LogP contribution in [-0.2, 0) is 0 Å². The van der Waals surface area contributed by atoms with Crippen LogP contribution < -0.4 is 25.4 Å². The Morgan fingerprint density at radius 1 is 1.20 bits per heavy atom. The maximum Gasteiger partial charge on any atom is 0.319 e. The molecule has 4 saturated heterocycles. The van der Waals surface area contributed by atoms with E-state index in [-0.39, 0.29) is 77.7 Å². The Balaban J connectivity index is 1.27. The summed E-state index contributed by atoms with van der Waals surface area (Å²) in [4.78, 5) is 14.3. The fourth-order valence-corrected chi connectivity index (χ4v) is 9.84. The van der Waals surface area contributed by atoms with Gasteiger partial charge in [-0.15, -0.1) is 11.3 Å². The smallest absolute Gasteiger partial charge is 0.319 e. The summed E-state index contributed by atoms with van der Waals surface area (Å²) in [5.41, 5.74) is 6.39. The van der Waals surface area contributed by atoms with E-state index in [0.29, 0.717) is 31.0 Å². The van der Waals surface area contributed by atoms with E-state index < -0.39 is 11.6 Å². The second kappa shape index (κ2) is 10.00. The number of ether oxygens (including phenoxy) is 2. The number of benzene rings is 2. The fraction of sp³-hybridized carbons (Fsp3) is 0.469. The number of anilines is 2. The van der Waals surface area contributed by atoms with Crippen LogP contribution >= 0.6 is 22.9 Å². The van der Waals surface area contributed by atoms with Crippen LogP contribution in [0, 0.1) is 23.0 Å². The number of fused-ring (bicyclic) bond motifs is 7. The lowest BCUT2D eigenvalue weighted by atomic mass is 9.95. The van der Waals surface area contributed by atoms with Gasteiger partial charge in [0.05, 0.1) is 32.3 Å². The third-order valence-corrected chi connectivity index (χ3v) is 12.0. The van der Waals surface area contributed by atoms with Crippen molar-refractivity contribution in [2.24, 2.45) is 0 Å². The molecule has 2 aromatic carbocycles. The van der Waals surface area contributed by atoms with Crippen molar-refractivity contribution in [1.82, 2.24) is 20.2 Å². The van der Waals surface area contributed by atoms with Gasteiger partial charge in [-0.05, 0) is 63.2 Å². The summed E-state index contributed by atoms with van der Waals surface area (Å²) in [6, 6.07) is 5.27. The average molecular weight is 650 g/mol. The largest absolute Gasteiger partial charge is 0.489 e. The van der Waals surface area contributed by atoms with Crippen molar-refractivity contribution < 1.29 is 18.3 Å². The molecule has 45 heavy (non-hydrogen) atoms. The van der Waals surface area contributed by atoms with E-state index in [0.717, 1.165) is 63.0 Å². The predicted octanol–water partition coefficient (Wildman–Crippen LogP) is 5.61. The molecule has 4 aromatic rings. The number of hydrogen-bond acceptors (Lipinski definition) is 10. The lowest BCUT2D eigenvalue weighted by molar-refractivity contribution is 0.108. The van der Waals surface area contributed by atoms with Gasteiger partial charge in [0.2, 0.25) is 0 Å². The summed E-state index contributed by atoms with van der Waals surface area (Å²) in [6.07, 6.45) is 6.39. The van der Waals surface area contributed by atoms with Gasteiger partial charge in [-0.25, -0.2) is 8.78 Å². The maximum atomic E-state index is 17.1. The minimum Gasteiger partial charge on any atom is -0.489 e. The Kier molecular flexibility index (Phi) is 6.17. The topological polar surface area (TPSA) is 113 Å². The summed E-state index contributed by atoms with van der Waals surface area (Å²) in [7, 11) is 0.